The van der Waals surface area contributed by atoms with Crippen LogP contribution in [0.25, 0.3) is 0 Å². The van der Waals surface area contributed by atoms with E-state index in [1.807, 2.05) is 32.0 Å². The molecule has 152 valence electrons. The molecule has 0 bridgehead atoms. The van der Waals surface area contributed by atoms with Crippen molar-refractivity contribution in [3.05, 3.63) is 59.7 Å². The van der Waals surface area contributed by atoms with E-state index in [1.165, 1.54) is 9.87 Å². The summed E-state index contributed by atoms with van der Waals surface area (Å²) in [5.74, 6) is 0.781. The fourth-order valence-corrected chi connectivity index (χ4v) is 4.84. The van der Waals surface area contributed by atoms with Crippen LogP contribution in [-0.4, -0.2) is 68.2 Å². The number of benzene rings is 2. The lowest BCUT2D eigenvalue weighted by Crippen LogP contribution is -2.50. The molecule has 1 heterocycles. The Morgan fingerprint density at radius 3 is 2.36 bits per heavy atom. The Hall–Kier alpha value is -1.93. The lowest BCUT2D eigenvalue weighted by molar-refractivity contribution is 0.0567. The topological polar surface area (TPSA) is 70.1 Å². The third-order valence-corrected chi connectivity index (χ3v) is 6.86. The van der Waals surface area contributed by atoms with Gasteiger partial charge >= 0.3 is 0 Å². The van der Waals surface area contributed by atoms with E-state index >= 15 is 0 Å². The number of rotatable bonds is 7. The van der Waals surface area contributed by atoms with Crippen molar-refractivity contribution in [1.82, 2.24) is 9.21 Å². The van der Waals surface area contributed by atoms with Gasteiger partial charge in [-0.2, -0.15) is 4.31 Å². The molecule has 0 aromatic heterocycles. The zero-order valence-electron chi connectivity index (χ0n) is 16.4. The Balaban J connectivity index is 1.47. The maximum atomic E-state index is 12.7. The average Bonchev–Trinajstić information content (AvgIpc) is 2.68. The molecule has 0 aliphatic carbocycles. The second-order valence-electron chi connectivity index (χ2n) is 7.25. The highest BCUT2D eigenvalue weighted by Gasteiger charge is 2.28. The molecule has 0 radical (unpaired) electrons. The molecular weight excluding hydrogens is 376 g/mol. The standard InChI is InChI=1S/C21H28N2O4S/c1-17-8-9-21(18(2)14-17)27-16-19(24)15-22-10-12-23(13-11-22)28(25,26)20-6-4-3-5-7-20/h3-9,14,19,24H,10-13,15-16H2,1-2H3. The molecule has 7 heteroatoms. The smallest absolute Gasteiger partial charge is 0.243 e. The van der Waals surface area contributed by atoms with Gasteiger partial charge in [0.05, 0.1) is 4.90 Å². The molecule has 0 amide bonds. The minimum Gasteiger partial charge on any atom is -0.491 e. The van der Waals surface area contributed by atoms with Crippen LogP contribution >= 0.6 is 0 Å². The molecule has 1 N–H and O–H groups in total. The molecule has 6 nitrogen and oxygen atoms in total. The predicted molar refractivity (Wildman–Crippen MR) is 109 cm³/mol. The summed E-state index contributed by atoms with van der Waals surface area (Å²) in [5.41, 5.74) is 2.22. The van der Waals surface area contributed by atoms with Gasteiger partial charge in [-0.25, -0.2) is 8.42 Å². The van der Waals surface area contributed by atoms with E-state index in [2.05, 4.69) is 4.90 Å². The van der Waals surface area contributed by atoms with Gasteiger partial charge < -0.3 is 9.84 Å². The molecule has 1 atom stereocenters. The Bertz CT molecular complexity index is 879. The minimum absolute atomic E-state index is 0.215. The molecule has 2 aromatic rings. The van der Waals surface area contributed by atoms with Gasteiger partial charge in [-0.1, -0.05) is 35.9 Å². The quantitative estimate of drug-likeness (QED) is 0.765. The van der Waals surface area contributed by atoms with Crippen LogP contribution in [0.3, 0.4) is 0 Å². The summed E-state index contributed by atoms with van der Waals surface area (Å²) < 4.78 is 32.6. The van der Waals surface area contributed by atoms with Crippen molar-refractivity contribution in [1.29, 1.82) is 0 Å². The summed E-state index contributed by atoms with van der Waals surface area (Å²) in [4.78, 5) is 2.40. The average molecular weight is 405 g/mol. The van der Waals surface area contributed by atoms with Crippen LogP contribution < -0.4 is 4.74 Å². The third kappa shape index (κ3) is 5.11. The zero-order valence-corrected chi connectivity index (χ0v) is 17.2. The highest BCUT2D eigenvalue weighted by atomic mass is 32.2. The number of β-amino-alcohol motifs (C(OH)–C–C–N with tert-alkyl or cyclic N) is 1. The Kier molecular flexibility index (Phi) is 6.72. The van der Waals surface area contributed by atoms with E-state index in [9.17, 15) is 13.5 Å². The van der Waals surface area contributed by atoms with E-state index in [0.717, 1.165) is 11.3 Å². The third-order valence-electron chi connectivity index (χ3n) is 4.94. The van der Waals surface area contributed by atoms with Crippen LogP contribution in [0.15, 0.2) is 53.4 Å². The van der Waals surface area contributed by atoms with Crippen LogP contribution in [-0.2, 0) is 10.0 Å². The number of nitrogens with zero attached hydrogens (tertiary/aromatic N) is 2. The summed E-state index contributed by atoms with van der Waals surface area (Å²) in [6.45, 7) is 6.71. The zero-order chi connectivity index (χ0) is 20.1. The van der Waals surface area contributed by atoms with Crippen molar-refractivity contribution < 1.29 is 18.3 Å². The maximum absolute atomic E-state index is 12.7. The van der Waals surface area contributed by atoms with Crippen molar-refractivity contribution in [2.45, 2.75) is 24.8 Å². The first-order valence-electron chi connectivity index (χ1n) is 9.52. The highest BCUT2D eigenvalue weighted by molar-refractivity contribution is 7.89. The van der Waals surface area contributed by atoms with Crippen molar-refractivity contribution in [2.75, 3.05) is 39.3 Å². The van der Waals surface area contributed by atoms with Crippen LogP contribution in [0.4, 0.5) is 0 Å². The van der Waals surface area contributed by atoms with E-state index in [0.29, 0.717) is 37.6 Å². The fourth-order valence-electron chi connectivity index (χ4n) is 3.39. The second-order valence-corrected chi connectivity index (χ2v) is 9.19. The number of sulfonamides is 1. The van der Waals surface area contributed by atoms with Gasteiger partial charge in [-0.3, -0.25) is 4.90 Å². The van der Waals surface area contributed by atoms with Crippen LogP contribution in [0, 0.1) is 13.8 Å². The number of aliphatic hydroxyl groups excluding tert-OH is 1. The van der Waals surface area contributed by atoms with Gasteiger partial charge in [-0.15, -0.1) is 0 Å². The van der Waals surface area contributed by atoms with Gasteiger partial charge in [0.25, 0.3) is 0 Å². The van der Waals surface area contributed by atoms with Gasteiger partial charge in [0.2, 0.25) is 10.0 Å². The summed E-state index contributed by atoms with van der Waals surface area (Å²) in [7, 11) is -3.45. The number of ether oxygens (including phenoxy) is 1. The summed E-state index contributed by atoms with van der Waals surface area (Å²) >= 11 is 0. The van der Waals surface area contributed by atoms with E-state index in [4.69, 9.17) is 4.74 Å². The van der Waals surface area contributed by atoms with Crippen molar-refractivity contribution in [2.24, 2.45) is 0 Å². The molecular formula is C21H28N2O4S. The van der Waals surface area contributed by atoms with Crippen LogP contribution in [0.1, 0.15) is 11.1 Å². The monoisotopic (exact) mass is 404 g/mol. The Labute approximate surface area is 167 Å². The Morgan fingerprint density at radius 2 is 1.71 bits per heavy atom. The molecule has 1 fully saturated rings. The largest absolute Gasteiger partial charge is 0.491 e. The first kappa shape index (κ1) is 20.8. The van der Waals surface area contributed by atoms with Crippen molar-refractivity contribution in [3.63, 3.8) is 0 Å². The van der Waals surface area contributed by atoms with Crippen LogP contribution in [0.5, 0.6) is 5.75 Å². The molecule has 0 saturated carbocycles. The number of aryl methyl sites for hydroxylation is 2. The fraction of sp³-hybridized carbons (Fsp3) is 0.429. The number of aliphatic hydroxyl groups is 1. The SMILES string of the molecule is Cc1ccc(OCC(O)CN2CCN(S(=O)(=O)c3ccccc3)CC2)c(C)c1. The van der Waals surface area contributed by atoms with Crippen LogP contribution in [0.2, 0.25) is 0 Å². The molecule has 1 aliphatic heterocycles. The first-order chi connectivity index (χ1) is 13.4. The Morgan fingerprint density at radius 1 is 1.04 bits per heavy atom. The maximum Gasteiger partial charge on any atom is 0.243 e. The lowest BCUT2D eigenvalue weighted by Gasteiger charge is -2.34. The summed E-state index contributed by atoms with van der Waals surface area (Å²) in [6, 6.07) is 14.5. The lowest BCUT2D eigenvalue weighted by atomic mass is 10.1. The van der Waals surface area contributed by atoms with E-state index < -0.39 is 16.1 Å². The molecule has 1 aliphatic rings. The highest BCUT2D eigenvalue weighted by Crippen LogP contribution is 2.20. The minimum atomic E-state index is -3.45. The predicted octanol–water partition coefficient (Wildman–Crippen LogP) is 2.05. The normalized spacial score (nSPS) is 17.4. The number of hydrogen-bond acceptors (Lipinski definition) is 5. The van der Waals surface area contributed by atoms with Gasteiger partial charge in [0.1, 0.15) is 18.5 Å². The number of piperazine rings is 1. The molecule has 3 rings (SSSR count). The van der Waals surface area contributed by atoms with Gasteiger partial charge in [0.15, 0.2) is 0 Å². The van der Waals surface area contributed by atoms with Crippen molar-refractivity contribution >= 4 is 10.0 Å². The van der Waals surface area contributed by atoms with Gasteiger partial charge in [0, 0.05) is 32.7 Å². The molecule has 28 heavy (non-hydrogen) atoms. The van der Waals surface area contributed by atoms with Crippen molar-refractivity contribution in [3.8, 4) is 5.75 Å². The molecule has 1 unspecified atom stereocenters. The van der Waals surface area contributed by atoms with E-state index in [-0.39, 0.29) is 6.61 Å². The second kappa shape index (κ2) is 9.05. The first-order valence-corrected chi connectivity index (χ1v) is 11.0. The molecule has 0 spiro atoms. The number of hydrogen-bond donors (Lipinski definition) is 1. The summed E-state index contributed by atoms with van der Waals surface area (Å²) in [5, 5.41) is 10.3. The summed E-state index contributed by atoms with van der Waals surface area (Å²) in [6.07, 6.45) is -0.627. The van der Waals surface area contributed by atoms with Gasteiger partial charge in [-0.05, 0) is 37.6 Å². The molecule has 2 aromatic carbocycles. The van der Waals surface area contributed by atoms with E-state index in [1.54, 1.807) is 30.3 Å². The molecule has 1 saturated heterocycles.